The van der Waals surface area contributed by atoms with E-state index >= 15 is 0 Å². The highest BCUT2D eigenvalue weighted by Gasteiger charge is 2.24. The number of aromatic nitrogens is 2. The zero-order valence-corrected chi connectivity index (χ0v) is 10.2. The summed E-state index contributed by atoms with van der Waals surface area (Å²) >= 11 is 0. The topological polar surface area (TPSA) is 60.2 Å². The zero-order valence-electron chi connectivity index (χ0n) is 10.2. The van der Waals surface area contributed by atoms with E-state index in [-0.39, 0.29) is 0 Å². The Labute approximate surface area is 105 Å². The first kappa shape index (κ1) is 11.2. The number of methoxy groups -OCH3 is 1. The number of rotatable bonds is 4. The molecular formula is C13H15N3O2. The second-order valence-corrected chi connectivity index (χ2v) is 4.43. The quantitative estimate of drug-likeness (QED) is 0.881. The van der Waals surface area contributed by atoms with Gasteiger partial charge in [-0.1, -0.05) is 17.3 Å². The van der Waals surface area contributed by atoms with Crippen molar-refractivity contribution in [3.63, 3.8) is 0 Å². The lowest BCUT2D eigenvalue weighted by molar-refractivity contribution is 0.306. The fourth-order valence-corrected chi connectivity index (χ4v) is 1.93. The van der Waals surface area contributed by atoms with Crippen LogP contribution in [0.2, 0.25) is 0 Å². The molecule has 0 saturated carbocycles. The van der Waals surface area contributed by atoms with Crippen molar-refractivity contribution in [1.29, 1.82) is 0 Å². The SMILES string of the molecule is COc1cccc(Cc2noc(C3CNC3)n2)c1. The van der Waals surface area contributed by atoms with Gasteiger partial charge in [0.05, 0.1) is 13.0 Å². The molecule has 18 heavy (non-hydrogen) atoms. The standard InChI is InChI=1S/C13H15N3O2/c1-17-11-4-2-3-9(5-11)6-12-15-13(18-16-12)10-7-14-8-10/h2-5,10,14H,6-8H2,1H3. The molecule has 1 fully saturated rings. The van der Waals surface area contributed by atoms with Crippen molar-refractivity contribution < 1.29 is 9.26 Å². The molecule has 0 spiro atoms. The van der Waals surface area contributed by atoms with Crippen molar-refractivity contribution in [1.82, 2.24) is 15.5 Å². The van der Waals surface area contributed by atoms with Crippen molar-refractivity contribution in [3.05, 3.63) is 41.5 Å². The van der Waals surface area contributed by atoms with Gasteiger partial charge < -0.3 is 14.6 Å². The van der Waals surface area contributed by atoms with E-state index in [1.54, 1.807) is 7.11 Å². The Kier molecular flexibility index (Phi) is 2.98. The van der Waals surface area contributed by atoms with Gasteiger partial charge in [-0.15, -0.1) is 0 Å². The molecule has 2 heterocycles. The fraction of sp³-hybridized carbons (Fsp3) is 0.385. The molecule has 3 rings (SSSR count). The monoisotopic (exact) mass is 245 g/mol. The second kappa shape index (κ2) is 4.78. The third-order valence-electron chi connectivity index (χ3n) is 3.11. The van der Waals surface area contributed by atoms with Gasteiger partial charge in [-0.05, 0) is 17.7 Å². The van der Waals surface area contributed by atoms with Crippen LogP contribution in [0.25, 0.3) is 0 Å². The molecule has 1 saturated heterocycles. The minimum Gasteiger partial charge on any atom is -0.497 e. The summed E-state index contributed by atoms with van der Waals surface area (Å²) in [5, 5.41) is 7.20. The van der Waals surface area contributed by atoms with Crippen LogP contribution in [-0.2, 0) is 6.42 Å². The van der Waals surface area contributed by atoms with Crippen molar-refractivity contribution in [2.24, 2.45) is 0 Å². The van der Waals surface area contributed by atoms with Crippen LogP contribution in [-0.4, -0.2) is 30.3 Å². The van der Waals surface area contributed by atoms with Gasteiger partial charge in [0.1, 0.15) is 5.75 Å². The number of ether oxygens (including phenoxy) is 1. The number of nitrogens with one attached hydrogen (secondary N) is 1. The molecule has 1 aliphatic rings. The van der Waals surface area contributed by atoms with Gasteiger partial charge in [-0.2, -0.15) is 4.98 Å². The molecular weight excluding hydrogens is 230 g/mol. The number of hydrogen-bond donors (Lipinski definition) is 1. The van der Waals surface area contributed by atoms with Crippen LogP contribution in [0.3, 0.4) is 0 Å². The minimum atomic E-state index is 0.386. The molecule has 0 atom stereocenters. The molecule has 5 nitrogen and oxygen atoms in total. The van der Waals surface area contributed by atoms with Gasteiger partial charge >= 0.3 is 0 Å². The summed E-state index contributed by atoms with van der Waals surface area (Å²) in [6, 6.07) is 7.90. The summed E-state index contributed by atoms with van der Waals surface area (Å²) < 4.78 is 10.5. The van der Waals surface area contributed by atoms with Gasteiger partial charge in [-0.3, -0.25) is 0 Å². The van der Waals surface area contributed by atoms with Crippen molar-refractivity contribution in [2.45, 2.75) is 12.3 Å². The maximum Gasteiger partial charge on any atom is 0.232 e. The molecule has 0 aliphatic carbocycles. The maximum atomic E-state index is 5.26. The van der Waals surface area contributed by atoms with Gasteiger partial charge in [-0.25, -0.2) is 0 Å². The summed E-state index contributed by atoms with van der Waals surface area (Å²) in [4.78, 5) is 4.42. The summed E-state index contributed by atoms with van der Waals surface area (Å²) in [7, 11) is 1.66. The first-order valence-electron chi connectivity index (χ1n) is 6.01. The van der Waals surface area contributed by atoms with E-state index in [0.717, 1.165) is 36.1 Å². The van der Waals surface area contributed by atoms with Crippen LogP contribution in [0.1, 0.15) is 23.2 Å². The predicted octanol–water partition coefficient (Wildman–Crippen LogP) is 1.36. The van der Waals surface area contributed by atoms with Gasteiger partial charge in [0.25, 0.3) is 0 Å². The van der Waals surface area contributed by atoms with E-state index in [2.05, 4.69) is 15.5 Å². The molecule has 0 unspecified atom stereocenters. The Morgan fingerprint density at radius 1 is 1.44 bits per heavy atom. The fourth-order valence-electron chi connectivity index (χ4n) is 1.93. The van der Waals surface area contributed by atoms with E-state index in [9.17, 15) is 0 Å². The molecule has 1 N–H and O–H groups in total. The predicted molar refractivity (Wildman–Crippen MR) is 65.7 cm³/mol. The number of nitrogens with zero attached hydrogens (tertiary/aromatic N) is 2. The van der Waals surface area contributed by atoms with E-state index < -0.39 is 0 Å². The van der Waals surface area contributed by atoms with Crippen LogP contribution < -0.4 is 10.1 Å². The normalized spacial score (nSPS) is 15.4. The van der Waals surface area contributed by atoms with Crippen LogP contribution >= 0.6 is 0 Å². The highest BCUT2D eigenvalue weighted by atomic mass is 16.5. The molecule has 1 aromatic carbocycles. The van der Waals surface area contributed by atoms with Crippen LogP contribution in [0, 0.1) is 0 Å². The molecule has 1 aromatic heterocycles. The zero-order chi connectivity index (χ0) is 12.4. The molecule has 2 aromatic rings. The van der Waals surface area contributed by atoms with Crippen molar-refractivity contribution >= 4 is 0 Å². The molecule has 5 heteroatoms. The lowest BCUT2D eigenvalue weighted by atomic mass is 10.0. The van der Waals surface area contributed by atoms with Crippen molar-refractivity contribution in [2.75, 3.05) is 20.2 Å². The average molecular weight is 245 g/mol. The van der Waals surface area contributed by atoms with Gasteiger partial charge in [0.15, 0.2) is 5.82 Å². The van der Waals surface area contributed by atoms with E-state index in [1.165, 1.54) is 0 Å². The molecule has 1 aliphatic heterocycles. The Morgan fingerprint density at radius 2 is 2.33 bits per heavy atom. The largest absolute Gasteiger partial charge is 0.497 e. The number of hydrogen-bond acceptors (Lipinski definition) is 5. The molecule has 0 bridgehead atoms. The van der Waals surface area contributed by atoms with Crippen LogP contribution in [0.4, 0.5) is 0 Å². The van der Waals surface area contributed by atoms with E-state index in [0.29, 0.717) is 12.3 Å². The van der Waals surface area contributed by atoms with Gasteiger partial charge in [0.2, 0.25) is 5.89 Å². The summed E-state index contributed by atoms with van der Waals surface area (Å²) in [6.07, 6.45) is 0.668. The van der Waals surface area contributed by atoms with Gasteiger partial charge in [0, 0.05) is 19.5 Å². The lowest BCUT2D eigenvalue weighted by Crippen LogP contribution is -2.40. The summed E-state index contributed by atoms with van der Waals surface area (Å²) in [5.74, 6) is 2.70. The Bertz CT molecular complexity index is 535. The molecule has 0 amide bonds. The highest BCUT2D eigenvalue weighted by molar-refractivity contribution is 5.30. The minimum absolute atomic E-state index is 0.386. The molecule has 94 valence electrons. The van der Waals surface area contributed by atoms with E-state index in [4.69, 9.17) is 9.26 Å². The number of benzene rings is 1. The first-order chi connectivity index (χ1) is 8.85. The summed E-state index contributed by atoms with van der Waals surface area (Å²) in [5.41, 5.74) is 1.12. The second-order valence-electron chi connectivity index (χ2n) is 4.43. The summed E-state index contributed by atoms with van der Waals surface area (Å²) in [6.45, 7) is 1.86. The lowest BCUT2D eigenvalue weighted by Gasteiger charge is -2.22. The third-order valence-corrected chi connectivity index (χ3v) is 3.11. The Balaban J connectivity index is 1.72. The molecule has 0 radical (unpaired) electrons. The third kappa shape index (κ3) is 2.22. The van der Waals surface area contributed by atoms with E-state index in [1.807, 2.05) is 24.3 Å². The van der Waals surface area contributed by atoms with Crippen molar-refractivity contribution in [3.8, 4) is 5.75 Å². The smallest absolute Gasteiger partial charge is 0.232 e. The Morgan fingerprint density at radius 3 is 3.06 bits per heavy atom. The van der Waals surface area contributed by atoms with Crippen LogP contribution in [0.5, 0.6) is 5.75 Å². The highest BCUT2D eigenvalue weighted by Crippen LogP contribution is 2.19. The Hall–Kier alpha value is -1.88. The first-order valence-corrected chi connectivity index (χ1v) is 6.01. The van der Waals surface area contributed by atoms with Crippen LogP contribution in [0.15, 0.2) is 28.8 Å². The average Bonchev–Trinajstić information content (AvgIpc) is 2.75. The maximum absolute atomic E-state index is 5.26.